The highest BCUT2D eigenvalue weighted by Gasteiger charge is 2.23. The van der Waals surface area contributed by atoms with Gasteiger partial charge in [-0.25, -0.2) is 4.98 Å². The van der Waals surface area contributed by atoms with E-state index in [1.54, 1.807) is 0 Å². The maximum Gasteiger partial charge on any atom is 0.243 e. The molecule has 0 saturated carbocycles. The van der Waals surface area contributed by atoms with Gasteiger partial charge in [-0.05, 0) is 51.1 Å². The minimum atomic E-state index is -0.142. The molecule has 23 heavy (non-hydrogen) atoms. The zero-order valence-corrected chi connectivity index (χ0v) is 14.4. The van der Waals surface area contributed by atoms with E-state index >= 15 is 0 Å². The standard InChI is InChI=1S/C17H23ClN4O/c1-12(22-9-5-3-4-6-10-22)16(23)20-17-19-14-11-13(18)7-8-15(14)21(17)2/h7-8,11-12H,3-6,9-10H2,1-2H3,(H,19,20,23). The van der Waals surface area contributed by atoms with Crippen LogP contribution in [0.25, 0.3) is 11.0 Å². The van der Waals surface area contributed by atoms with Crippen LogP contribution >= 0.6 is 11.6 Å². The Hall–Kier alpha value is -1.59. The van der Waals surface area contributed by atoms with Gasteiger partial charge < -0.3 is 4.57 Å². The van der Waals surface area contributed by atoms with E-state index in [4.69, 9.17) is 11.6 Å². The number of fused-ring (bicyclic) bond motifs is 1. The highest BCUT2D eigenvalue weighted by atomic mass is 35.5. The Morgan fingerprint density at radius 3 is 2.65 bits per heavy atom. The molecule has 5 nitrogen and oxygen atoms in total. The van der Waals surface area contributed by atoms with Gasteiger partial charge in [0.1, 0.15) is 0 Å². The number of benzene rings is 1. The first kappa shape index (κ1) is 16.3. The first-order valence-electron chi connectivity index (χ1n) is 8.23. The zero-order valence-electron chi connectivity index (χ0n) is 13.7. The molecule has 2 aromatic rings. The predicted octanol–water partition coefficient (Wildman–Crippen LogP) is 3.43. The average molecular weight is 335 g/mol. The van der Waals surface area contributed by atoms with E-state index in [9.17, 15) is 4.79 Å². The quantitative estimate of drug-likeness (QED) is 0.935. The molecule has 0 bridgehead atoms. The van der Waals surface area contributed by atoms with E-state index in [1.165, 1.54) is 25.7 Å². The minimum Gasteiger partial charge on any atom is -0.313 e. The van der Waals surface area contributed by atoms with E-state index in [0.717, 1.165) is 24.1 Å². The summed E-state index contributed by atoms with van der Waals surface area (Å²) in [4.78, 5) is 19.3. The maximum atomic E-state index is 12.6. The monoisotopic (exact) mass is 334 g/mol. The molecule has 0 radical (unpaired) electrons. The number of halogens is 1. The maximum absolute atomic E-state index is 12.6. The van der Waals surface area contributed by atoms with Crippen LogP contribution in [0.15, 0.2) is 18.2 Å². The summed E-state index contributed by atoms with van der Waals surface area (Å²) < 4.78 is 1.89. The van der Waals surface area contributed by atoms with E-state index in [1.807, 2.05) is 36.7 Å². The van der Waals surface area contributed by atoms with Crippen LogP contribution in [-0.2, 0) is 11.8 Å². The highest BCUT2D eigenvalue weighted by Crippen LogP contribution is 2.22. The molecular weight excluding hydrogens is 312 g/mol. The lowest BCUT2D eigenvalue weighted by Crippen LogP contribution is -2.42. The lowest BCUT2D eigenvalue weighted by Gasteiger charge is -2.26. The topological polar surface area (TPSA) is 50.2 Å². The lowest BCUT2D eigenvalue weighted by atomic mass is 10.2. The summed E-state index contributed by atoms with van der Waals surface area (Å²) >= 11 is 6.01. The molecule has 1 aromatic heterocycles. The first-order chi connectivity index (χ1) is 11.1. The smallest absolute Gasteiger partial charge is 0.243 e. The Kier molecular flexibility index (Phi) is 4.87. The molecule has 1 aliphatic rings. The number of likely N-dealkylation sites (tertiary alicyclic amines) is 1. The minimum absolute atomic E-state index is 0.00333. The average Bonchev–Trinajstić information content (AvgIpc) is 2.73. The Bertz CT molecular complexity index is 704. The molecule has 6 heteroatoms. The number of nitrogens with one attached hydrogen (secondary N) is 1. The second-order valence-electron chi connectivity index (χ2n) is 6.24. The molecule has 1 fully saturated rings. The third-order valence-electron chi connectivity index (χ3n) is 4.65. The van der Waals surface area contributed by atoms with Gasteiger partial charge >= 0.3 is 0 Å². The van der Waals surface area contributed by atoms with Crippen molar-refractivity contribution in [3.63, 3.8) is 0 Å². The van der Waals surface area contributed by atoms with Crippen molar-refractivity contribution in [3.8, 4) is 0 Å². The molecule has 1 saturated heterocycles. The Morgan fingerprint density at radius 2 is 1.96 bits per heavy atom. The van der Waals surface area contributed by atoms with Gasteiger partial charge in [0.2, 0.25) is 11.9 Å². The second-order valence-corrected chi connectivity index (χ2v) is 6.68. The van der Waals surface area contributed by atoms with Crippen molar-refractivity contribution < 1.29 is 4.79 Å². The van der Waals surface area contributed by atoms with Gasteiger partial charge in [-0.1, -0.05) is 24.4 Å². The Morgan fingerprint density at radius 1 is 1.26 bits per heavy atom. The third-order valence-corrected chi connectivity index (χ3v) is 4.88. The van der Waals surface area contributed by atoms with Gasteiger partial charge in [-0.3, -0.25) is 15.0 Å². The summed E-state index contributed by atoms with van der Waals surface area (Å²) in [5, 5.41) is 3.61. The molecule has 1 N–H and O–H groups in total. The van der Waals surface area contributed by atoms with Crippen LogP contribution < -0.4 is 5.32 Å². The first-order valence-corrected chi connectivity index (χ1v) is 8.61. The molecule has 3 rings (SSSR count). The molecule has 1 aromatic carbocycles. The number of aromatic nitrogens is 2. The number of anilines is 1. The number of rotatable bonds is 3. The van der Waals surface area contributed by atoms with Crippen molar-refractivity contribution in [1.29, 1.82) is 0 Å². The van der Waals surface area contributed by atoms with E-state index < -0.39 is 0 Å². The number of carbonyl (C=O) groups is 1. The molecule has 0 aliphatic carbocycles. The third kappa shape index (κ3) is 3.51. The van der Waals surface area contributed by atoms with Crippen LogP contribution in [0.3, 0.4) is 0 Å². The van der Waals surface area contributed by atoms with Gasteiger partial charge in [0.25, 0.3) is 0 Å². The highest BCUT2D eigenvalue weighted by molar-refractivity contribution is 6.31. The number of hydrogen-bond acceptors (Lipinski definition) is 3. The van der Waals surface area contributed by atoms with Crippen molar-refractivity contribution in [1.82, 2.24) is 14.5 Å². The summed E-state index contributed by atoms with van der Waals surface area (Å²) in [6.45, 7) is 3.96. The van der Waals surface area contributed by atoms with Crippen LogP contribution in [-0.4, -0.2) is 39.5 Å². The SMILES string of the molecule is CC(C(=O)Nc1nc2cc(Cl)ccc2n1C)N1CCCCCC1. The van der Waals surface area contributed by atoms with Crippen LogP contribution in [0.1, 0.15) is 32.6 Å². The molecule has 1 aliphatic heterocycles. The molecule has 1 unspecified atom stereocenters. The Balaban J connectivity index is 1.75. The summed E-state index contributed by atoms with van der Waals surface area (Å²) in [6, 6.07) is 5.41. The summed E-state index contributed by atoms with van der Waals surface area (Å²) in [7, 11) is 1.90. The molecule has 1 amide bonds. The van der Waals surface area contributed by atoms with Crippen molar-refractivity contribution >= 4 is 34.5 Å². The van der Waals surface area contributed by atoms with Gasteiger partial charge in [-0.2, -0.15) is 0 Å². The van der Waals surface area contributed by atoms with Crippen molar-refractivity contribution in [2.24, 2.45) is 7.05 Å². The number of carbonyl (C=O) groups excluding carboxylic acids is 1. The fourth-order valence-corrected chi connectivity index (χ4v) is 3.31. The van der Waals surface area contributed by atoms with Gasteiger partial charge in [0.05, 0.1) is 17.1 Å². The van der Waals surface area contributed by atoms with Crippen molar-refractivity contribution in [2.45, 2.75) is 38.6 Å². The summed E-state index contributed by atoms with van der Waals surface area (Å²) in [6.07, 6.45) is 4.86. The van der Waals surface area contributed by atoms with Crippen LogP contribution in [0.5, 0.6) is 0 Å². The zero-order chi connectivity index (χ0) is 16.4. The largest absolute Gasteiger partial charge is 0.313 e. The molecule has 2 heterocycles. The summed E-state index contributed by atoms with van der Waals surface area (Å²) in [5.74, 6) is 0.561. The molecule has 0 spiro atoms. The van der Waals surface area contributed by atoms with Gasteiger partial charge in [0.15, 0.2) is 0 Å². The Labute approximate surface area is 141 Å². The number of aryl methyl sites for hydroxylation is 1. The fourth-order valence-electron chi connectivity index (χ4n) is 3.15. The lowest BCUT2D eigenvalue weighted by molar-refractivity contribution is -0.120. The second kappa shape index (κ2) is 6.89. The normalized spacial score (nSPS) is 17.9. The van der Waals surface area contributed by atoms with Crippen molar-refractivity contribution in [2.75, 3.05) is 18.4 Å². The number of imidazole rings is 1. The van der Waals surface area contributed by atoms with Crippen LogP contribution in [0.2, 0.25) is 5.02 Å². The number of hydrogen-bond donors (Lipinski definition) is 1. The van der Waals surface area contributed by atoms with Crippen molar-refractivity contribution in [3.05, 3.63) is 23.2 Å². The van der Waals surface area contributed by atoms with Gasteiger partial charge in [-0.15, -0.1) is 0 Å². The van der Waals surface area contributed by atoms with Crippen LogP contribution in [0, 0.1) is 0 Å². The van der Waals surface area contributed by atoms with Gasteiger partial charge in [0, 0.05) is 12.1 Å². The van der Waals surface area contributed by atoms with Crippen LogP contribution in [0.4, 0.5) is 5.95 Å². The van der Waals surface area contributed by atoms with E-state index in [-0.39, 0.29) is 11.9 Å². The predicted molar refractivity (Wildman–Crippen MR) is 93.9 cm³/mol. The summed E-state index contributed by atoms with van der Waals surface area (Å²) in [5.41, 5.74) is 1.74. The number of nitrogens with zero attached hydrogens (tertiary/aromatic N) is 3. The molecular formula is C17H23ClN4O. The molecule has 124 valence electrons. The van der Waals surface area contributed by atoms with E-state index in [2.05, 4.69) is 15.2 Å². The van der Waals surface area contributed by atoms with E-state index in [0.29, 0.717) is 11.0 Å². The number of amides is 1. The molecule has 1 atom stereocenters. The fraction of sp³-hybridized carbons (Fsp3) is 0.529.